The molecule has 18 heavy (non-hydrogen) atoms. The zero-order valence-electron chi connectivity index (χ0n) is 10.2. The Kier molecular flexibility index (Phi) is 6.66. The van der Waals surface area contributed by atoms with Gasteiger partial charge < -0.3 is 21.3 Å². The number of ketones is 1. The highest BCUT2D eigenvalue weighted by Crippen LogP contribution is 2.07. The zero-order valence-corrected chi connectivity index (χ0v) is 10.2. The summed E-state index contributed by atoms with van der Waals surface area (Å²) < 4.78 is 0. The summed E-state index contributed by atoms with van der Waals surface area (Å²) in [5.74, 6) is -1.52. The van der Waals surface area contributed by atoms with Crippen LogP contribution >= 0.6 is 0 Å². The van der Waals surface area contributed by atoms with E-state index in [2.05, 4.69) is 6.58 Å². The second-order valence-corrected chi connectivity index (χ2v) is 4.02. The summed E-state index contributed by atoms with van der Waals surface area (Å²) in [6.45, 7) is 5.02. The third-order valence-corrected chi connectivity index (χ3v) is 2.36. The summed E-state index contributed by atoms with van der Waals surface area (Å²) in [7, 11) is 0. The molecule has 5 N–H and O–H groups in total. The zero-order chi connectivity index (χ0) is 14.3. The van der Waals surface area contributed by atoms with Crippen molar-refractivity contribution in [3.05, 3.63) is 12.2 Å². The number of carboxylic acid groups (broad SMARTS) is 2. The second-order valence-electron chi connectivity index (χ2n) is 4.02. The van der Waals surface area contributed by atoms with Gasteiger partial charge in [-0.05, 0) is 31.8 Å². The number of nitrogens with one attached hydrogen (secondary N) is 1. The topological polar surface area (TPSA) is 130 Å². The van der Waals surface area contributed by atoms with Crippen molar-refractivity contribution in [2.45, 2.75) is 38.3 Å². The van der Waals surface area contributed by atoms with Gasteiger partial charge in [-0.1, -0.05) is 6.58 Å². The van der Waals surface area contributed by atoms with Crippen molar-refractivity contribution in [3.8, 4) is 0 Å². The first-order valence-corrected chi connectivity index (χ1v) is 5.43. The molecule has 0 aliphatic rings. The average molecular weight is 258 g/mol. The molecule has 0 aromatic rings. The molecule has 0 rings (SSSR count). The number of nitrogens with two attached hydrogens (primary N) is 1. The van der Waals surface area contributed by atoms with Crippen molar-refractivity contribution in [2.75, 3.05) is 0 Å². The van der Waals surface area contributed by atoms with Crippen LogP contribution in [0.4, 0.5) is 4.79 Å². The Morgan fingerprint density at radius 3 is 2.22 bits per heavy atom. The van der Waals surface area contributed by atoms with E-state index >= 15 is 0 Å². The van der Waals surface area contributed by atoms with Crippen LogP contribution in [0.15, 0.2) is 12.2 Å². The van der Waals surface area contributed by atoms with Gasteiger partial charge in [-0.25, -0.2) is 9.59 Å². The third kappa shape index (κ3) is 6.00. The van der Waals surface area contributed by atoms with E-state index in [0.717, 1.165) is 0 Å². The summed E-state index contributed by atoms with van der Waals surface area (Å²) in [5, 5.41) is 19.1. The molecule has 0 aromatic carbocycles. The van der Waals surface area contributed by atoms with Crippen LogP contribution in [0.1, 0.15) is 26.2 Å². The first kappa shape index (κ1) is 16.1. The minimum absolute atomic E-state index is 0.0821. The van der Waals surface area contributed by atoms with Gasteiger partial charge in [0.25, 0.3) is 0 Å². The number of rotatable bonds is 8. The highest BCUT2D eigenvalue weighted by atomic mass is 16.4. The van der Waals surface area contributed by atoms with Gasteiger partial charge in [0, 0.05) is 0 Å². The standard InChI is InChI=1S/C11H18N2O5/c1-6(2)9(14)7(12)4-3-5-8(10(15)16)13-11(17)18/h7-8,13H,1,3-5,12H2,2H3,(H,15,16)(H,17,18)/t7?,8-/m0/s1. The second kappa shape index (κ2) is 7.44. The highest BCUT2D eigenvalue weighted by Gasteiger charge is 2.20. The monoisotopic (exact) mass is 258 g/mol. The van der Waals surface area contributed by atoms with Gasteiger partial charge in [0.05, 0.1) is 6.04 Å². The Hall–Kier alpha value is -1.89. The molecule has 1 amide bonds. The maximum absolute atomic E-state index is 11.4. The van der Waals surface area contributed by atoms with Gasteiger partial charge in [0.15, 0.2) is 5.78 Å². The fraction of sp³-hybridized carbons (Fsp3) is 0.545. The van der Waals surface area contributed by atoms with E-state index in [9.17, 15) is 14.4 Å². The van der Waals surface area contributed by atoms with E-state index in [1.807, 2.05) is 5.32 Å². The molecule has 0 bridgehead atoms. The fourth-order valence-electron chi connectivity index (χ4n) is 1.40. The lowest BCUT2D eigenvalue weighted by Gasteiger charge is -2.14. The van der Waals surface area contributed by atoms with Crippen LogP contribution in [0, 0.1) is 0 Å². The number of carbonyl (C=O) groups excluding carboxylic acids is 1. The predicted molar refractivity (Wildman–Crippen MR) is 64.2 cm³/mol. The van der Waals surface area contributed by atoms with E-state index < -0.39 is 24.1 Å². The van der Waals surface area contributed by atoms with Crippen LogP contribution in [-0.2, 0) is 9.59 Å². The third-order valence-electron chi connectivity index (χ3n) is 2.36. The Morgan fingerprint density at radius 2 is 1.83 bits per heavy atom. The van der Waals surface area contributed by atoms with E-state index in [1.165, 1.54) is 0 Å². The molecule has 0 saturated carbocycles. The molecule has 0 fully saturated rings. The van der Waals surface area contributed by atoms with Crippen LogP contribution in [0.25, 0.3) is 0 Å². The first-order chi connectivity index (χ1) is 8.25. The predicted octanol–water partition coefficient (Wildman–Crippen LogP) is 0.350. The molecule has 2 atom stereocenters. The maximum atomic E-state index is 11.4. The summed E-state index contributed by atoms with van der Waals surface area (Å²) in [4.78, 5) is 32.4. The van der Waals surface area contributed by atoms with Crippen molar-refractivity contribution in [2.24, 2.45) is 5.73 Å². The number of carboxylic acids is 1. The molecule has 0 saturated heterocycles. The molecule has 0 spiro atoms. The lowest BCUT2D eigenvalue weighted by Crippen LogP contribution is -2.40. The van der Waals surface area contributed by atoms with Crippen LogP contribution in [0.3, 0.4) is 0 Å². The van der Waals surface area contributed by atoms with Crippen molar-refractivity contribution in [1.82, 2.24) is 5.32 Å². The van der Waals surface area contributed by atoms with Crippen molar-refractivity contribution in [3.63, 3.8) is 0 Å². The van der Waals surface area contributed by atoms with E-state index in [4.69, 9.17) is 15.9 Å². The number of hydrogen-bond donors (Lipinski definition) is 4. The van der Waals surface area contributed by atoms with Gasteiger partial charge in [-0.2, -0.15) is 0 Å². The van der Waals surface area contributed by atoms with Crippen molar-refractivity contribution < 1.29 is 24.6 Å². The number of amides is 1. The van der Waals surface area contributed by atoms with Gasteiger partial charge >= 0.3 is 12.1 Å². The van der Waals surface area contributed by atoms with Gasteiger partial charge in [-0.15, -0.1) is 0 Å². The highest BCUT2D eigenvalue weighted by molar-refractivity contribution is 5.98. The van der Waals surface area contributed by atoms with E-state index in [-0.39, 0.29) is 18.6 Å². The lowest BCUT2D eigenvalue weighted by atomic mass is 10.0. The Bertz CT molecular complexity index is 353. The molecule has 7 heteroatoms. The number of aliphatic carboxylic acids is 1. The molecule has 0 aliphatic carbocycles. The smallest absolute Gasteiger partial charge is 0.405 e. The largest absolute Gasteiger partial charge is 0.480 e. The molecule has 102 valence electrons. The lowest BCUT2D eigenvalue weighted by molar-refractivity contribution is -0.139. The van der Waals surface area contributed by atoms with Crippen molar-refractivity contribution in [1.29, 1.82) is 0 Å². The number of hydrogen-bond acceptors (Lipinski definition) is 4. The average Bonchev–Trinajstić information content (AvgIpc) is 2.25. The van der Waals surface area contributed by atoms with Crippen LogP contribution in [-0.4, -0.2) is 40.1 Å². The molecule has 1 unspecified atom stereocenters. The van der Waals surface area contributed by atoms with Crippen LogP contribution in [0.5, 0.6) is 0 Å². The molecule has 0 heterocycles. The number of carbonyl (C=O) groups is 3. The minimum Gasteiger partial charge on any atom is -0.480 e. The minimum atomic E-state index is -1.40. The SMILES string of the molecule is C=C(C)C(=O)C(N)CCC[C@H](NC(=O)O)C(=O)O. The summed E-state index contributed by atoms with van der Waals surface area (Å²) in [6, 6.07) is -1.91. The van der Waals surface area contributed by atoms with Crippen molar-refractivity contribution >= 4 is 17.8 Å². The first-order valence-electron chi connectivity index (χ1n) is 5.43. The van der Waals surface area contributed by atoms with E-state index in [0.29, 0.717) is 12.0 Å². The van der Waals surface area contributed by atoms with E-state index in [1.54, 1.807) is 6.92 Å². The molecular weight excluding hydrogens is 240 g/mol. The maximum Gasteiger partial charge on any atom is 0.405 e. The molecule has 0 radical (unpaired) electrons. The normalized spacial score (nSPS) is 13.4. The number of Topliss-reactive ketones (excluding diaryl/α,β-unsaturated/α-hetero) is 1. The Morgan fingerprint density at radius 1 is 1.28 bits per heavy atom. The Balaban J connectivity index is 4.14. The van der Waals surface area contributed by atoms with Crippen LogP contribution in [0.2, 0.25) is 0 Å². The summed E-state index contributed by atoms with van der Waals surface area (Å²) in [6.07, 6.45) is -0.697. The molecule has 0 aromatic heterocycles. The van der Waals surface area contributed by atoms with Gasteiger partial charge in [-0.3, -0.25) is 4.79 Å². The Labute approximate surface area is 105 Å². The van der Waals surface area contributed by atoms with Crippen LogP contribution < -0.4 is 11.1 Å². The van der Waals surface area contributed by atoms with Gasteiger partial charge in [0.1, 0.15) is 6.04 Å². The quantitative estimate of drug-likeness (QED) is 0.465. The van der Waals surface area contributed by atoms with Gasteiger partial charge in [0.2, 0.25) is 0 Å². The fourth-order valence-corrected chi connectivity index (χ4v) is 1.40. The summed E-state index contributed by atoms with van der Waals surface area (Å²) in [5.41, 5.74) is 5.94. The molecular formula is C11H18N2O5. The summed E-state index contributed by atoms with van der Waals surface area (Å²) >= 11 is 0. The molecule has 7 nitrogen and oxygen atoms in total. The molecule has 0 aliphatic heterocycles.